The van der Waals surface area contributed by atoms with Crippen LogP contribution in [0.15, 0.2) is 84.4 Å². The monoisotopic (exact) mass is 711 g/mol. The summed E-state index contributed by atoms with van der Waals surface area (Å²) in [5.74, 6) is 0.234. The Labute approximate surface area is 305 Å². The summed E-state index contributed by atoms with van der Waals surface area (Å²) in [4.78, 5) is 38.1. The summed E-state index contributed by atoms with van der Waals surface area (Å²) in [6.07, 6.45) is 2.73. The molecule has 270 valence electrons. The summed E-state index contributed by atoms with van der Waals surface area (Å²) < 4.78 is 17.0. The molecule has 2 amide bonds. The van der Waals surface area contributed by atoms with E-state index in [1.54, 1.807) is 11.1 Å². The van der Waals surface area contributed by atoms with E-state index < -0.39 is 6.04 Å². The van der Waals surface area contributed by atoms with Crippen molar-refractivity contribution >= 4 is 34.0 Å². The number of benzene rings is 3. The smallest absolute Gasteiger partial charge is 0.255 e. The van der Waals surface area contributed by atoms with Crippen molar-refractivity contribution in [2.75, 3.05) is 82.6 Å². The van der Waals surface area contributed by atoms with Gasteiger partial charge in [0.15, 0.2) is 5.13 Å². The first-order valence-corrected chi connectivity index (χ1v) is 18.8. The molecule has 1 atom stereocenters. The predicted octanol–water partition coefficient (Wildman–Crippen LogP) is 6.36. The van der Waals surface area contributed by atoms with Crippen LogP contribution in [0.5, 0.6) is 0 Å². The maximum Gasteiger partial charge on any atom is 0.255 e. The molecule has 1 aromatic heterocycles. The fourth-order valence-electron chi connectivity index (χ4n) is 6.43. The fourth-order valence-corrected chi connectivity index (χ4v) is 6.96. The lowest BCUT2D eigenvalue weighted by atomic mass is 10.00. The molecule has 10 nitrogen and oxygen atoms in total. The van der Waals surface area contributed by atoms with Gasteiger partial charge in [0.25, 0.3) is 11.8 Å². The third kappa shape index (κ3) is 10.0. The molecule has 1 N–H and O–H groups in total. The molecule has 0 saturated carbocycles. The van der Waals surface area contributed by atoms with Crippen LogP contribution >= 0.6 is 11.3 Å². The molecule has 4 aromatic rings. The van der Waals surface area contributed by atoms with Gasteiger partial charge in [-0.2, -0.15) is 0 Å². The van der Waals surface area contributed by atoms with E-state index in [0.29, 0.717) is 56.2 Å². The Hall–Kier alpha value is -4.13. The minimum absolute atomic E-state index is 0.152. The zero-order chi connectivity index (χ0) is 35.4. The van der Waals surface area contributed by atoms with Crippen LogP contribution < -0.4 is 10.2 Å². The van der Waals surface area contributed by atoms with Crippen LogP contribution in [0.3, 0.4) is 0 Å². The van der Waals surface area contributed by atoms with Crippen molar-refractivity contribution < 1.29 is 23.8 Å². The van der Waals surface area contributed by atoms with Crippen LogP contribution in [-0.4, -0.2) is 99.0 Å². The number of anilines is 2. The molecule has 2 aliphatic heterocycles. The Balaban J connectivity index is 0.967. The van der Waals surface area contributed by atoms with Crippen molar-refractivity contribution in [3.63, 3.8) is 0 Å². The van der Waals surface area contributed by atoms with E-state index in [1.807, 2.05) is 47.8 Å². The predicted molar refractivity (Wildman–Crippen MR) is 202 cm³/mol. The van der Waals surface area contributed by atoms with Crippen molar-refractivity contribution in [1.82, 2.24) is 14.8 Å². The number of rotatable bonds is 18. The number of thiazole rings is 1. The number of aromatic nitrogens is 1. The van der Waals surface area contributed by atoms with E-state index in [4.69, 9.17) is 14.2 Å². The van der Waals surface area contributed by atoms with E-state index in [1.165, 1.54) is 17.0 Å². The van der Waals surface area contributed by atoms with E-state index in [-0.39, 0.29) is 11.8 Å². The molecule has 3 heterocycles. The number of nitrogens with one attached hydrogen (secondary N) is 1. The number of hydrogen-bond donors (Lipinski definition) is 1. The van der Waals surface area contributed by atoms with Gasteiger partial charge in [-0.1, -0.05) is 68.4 Å². The number of nitrogens with zero attached hydrogens (tertiary/aromatic N) is 4. The molecule has 1 unspecified atom stereocenters. The lowest BCUT2D eigenvalue weighted by Crippen LogP contribution is -2.47. The highest BCUT2D eigenvalue weighted by atomic mass is 32.1. The van der Waals surface area contributed by atoms with Gasteiger partial charge in [0.1, 0.15) is 6.04 Å². The average Bonchev–Trinajstić information content (AvgIpc) is 3.78. The van der Waals surface area contributed by atoms with E-state index in [0.717, 1.165) is 68.0 Å². The van der Waals surface area contributed by atoms with Crippen molar-refractivity contribution in [3.05, 3.63) is 101 Å². The normalized spacial score (nSPS) is 15.4. The molecule has 0 bridgehead atoms. The second-order valence-corrected chi connectivity index (χ2v) is 14.2. The largest absolute Gasteiger partial charge is 0.379 e. The number of fused-ring (bicyclic) bond motifs is 1. The Kier molecular flexibility index (Phi) is 13.2. The zero-order valence-electron chi connectivity index (χ0n) is 29.7. The van der Waals surface area contributed by atoms with Crippen LogP contribution in [-0.2, 0) is 25.5 Å². The number of piperazine rings is 1. The van der Waals surface area contributed by atoms with Gasteiger partial charge in [0.05, 0.1) is 33.0 Å². The van der Waals surface area contributed by atoms with E-state index >= 15 is 0 Å². The molecule has 0 aliphatic carbocycles. The average molecular weight is 712 g/mol. The quantitative estimate of drug-likeness (QED) is 0.119. The number of carbonyl (C=O) groups excluding carboxylic acids is 2. The minimum atomic E-state index is -0.778. The highest BCUT2D eigenvalue weighted by molar-refractivity contribution is 7.13. The van der Waals surface area contributed by atoms with Crippen molar-refractivity contribution in [2.24, 2.45) is 5.92 Å². The van der Waals surface area contributed by atoms with Crippen LogP contribution in [0.25, 0.3) is 11.1 Å². The SMILES string of the molecule is CC(C)CCOCCOCCOCCN1CCN(c2ccc(-c3ccc4c(c3)C(=O)N(C(C(=O)Nc3nccs3)c3ccccc3)C4)cc2)CC1. The maximum absolute atomic E-state index is 13.9. The Morgan fingerprint density at radius 1 is 0.843 bits per heavy atom. The molecule has 0 radical (unpaired) electrons. The highest BCUT2D eigenvalue weighted by Crippen LogP contribution is 2.35. The Bertz CT molecular complexity index is 1680. The molecule has 3 aromatic carbocycles. The topological polar surface area (TPSA) is 96.5 Å². The van der Waals surface area contributed by atoms with E-state index in [2.05, 4.69) is 64.3 Å². The molecule has 0 spiro atoms. The lowest BCUT2D eigenvalue weighted by molar-refractivity contribution is -0.120. The van der Waals surface area contributed by atoms with Gasteiger partial charge in [-0.3, -0.25) is 19.8 Å². The van der Waals surface area contributed by atoms with Crippen LogP contribution in [0.4, 0.5) is 10.8 Å². The Morgan fingerprint density at radius 3 is 2.22 bits per heavy atom. The fraction of sp³-hybridized carbons (Fsp3) is 0.425. The standard InChI is InChI=1S/C40H49N5O5S/c1-30(2)14-21-48-23-25-50-26-24-49-22-20-43-16-18-44(19-17-43)35-12-10-31(11-13-35)33-8-9-34-29-45(39(47)36(34)28-33)37(32-6-4-3-5-7-32)38(46)42-40-41-15-27-51-40/h3-13,15,27-28,30,37H,14,16-26,29H2,1-2H3,(H,41,42,46). The third-order valence-corrected chi connectivity index (χ3v) is 10.0. The van der Waals surface area contributed by atoms with Crippen molar-refractivity contribution in [2.45, 2.75) is 32.9 Å². The van der Waals surface area contributed by atoms with Gasteiger partial charge in [-0.15, -0.1) is 11.3 Å². The first kappa shape index (κ1) is 36.7. The molecular weight excluding hydrogens is 663 g/mol. The van der Waals surface area contributed by atoms with Gasteiger partial charge >= 0.3 is 0 Å². The molecule has 1 saturated heterocycles. The second-order valence-electron chi connectivity index (χ2n) is 13.3. The summed E-state index contributed by atoms with van der Waals surface area (Å²) in [7, 11) is 0. The number of hydrogen-bond acceptors (Lipinski definition) is 9. The molecule has 1 fully saturated rings. The molecular formula is C40H49N5O5S. The second kappa shape index (κ2) is 18.4. The van der Waals surface area contributed by atoms with Crippen molar-refractivity contribution in [1.29, 1.82) is 0 Å². The first-order chi connectivity index (χ1) is 25.0. The molecule has 6 rings (SSSR count). The highest BCUT2D eigenvalue weighted by Gasteiger charge is 2.38. The van der Waals surface area contributed by atoms with Gasteiger partial charge < -0.3 is 24.0 Å². The summed E-state index contributed by atoms with van der Waals surface area (Å²) in [5, 5.41) is 5.21. The Morgan fingerprint density at radius 2 is 1.53 bits per heavy atom. The summed E-state index contributed by atoms with van der Waals surface area (Å²) >= 11 is 1.35. The third-order valence-electron chi connectivity index (χ3n) is 9.35. The number of amides is 2. The lowest BCUT2D eigenvalue weighted by Gasteiger charge is -2.36. The van der Waals surface area contributed by atoms with E-state index in [9.17, 15) is 9.59 Å². The molecule has 51 heavy (non-hydrogen) atoms. The molecule has 2 aliphatic rings. The van der Waals surface area contributed by atoms with Gasteiger partial charge in [-0.05, 0) is 52.8 Å². The molecule has 11 heteroatoms. The summed E-state index contributed by atoms with van der Waals surface area (Å²) in [6.45, 7) is 13.5. The van der Waals surface area contributed by atoms with Crippen LogP contribution in [0, 0.1) is 5.92 Å². The van der Waals surface area contributed by atoms with Crippen LogP contribution in [0.1, 0.15) is 47.8 Å². The van der Waals surface area contributed by atoms with Gasteiger partial charge in [-0.25, -0.2) is 4.98 Å². The van der Waals surface area contributed by atoms with Gasteiger partial charge in [0.2, 0.25) is 0 Å². The number of ether oxygens (including phenoxy) is 3. The summed E-state index contributed by atoms with van der Waals surface area (Å²) in [5.41, 5.74) is 5.53. The van der Waals surface area contributed by atoms with Gasteiger partial charge in [0, 0.05) is 68.7 Å². The summed E-state index contributed by atoms with van der Waals surface area (Å²) in [6, 6.07) is 23.3. The maximum atomic E-state index is 13.9. The first-order valence-electron chi connectivity index (χ1n) is 18.0. The van der Waals surface area contributed by atoms with Crippen molar-refractivity contribution in [3.8, 4) is 11.1 Å². The zero-order valence-corrected chi connectivity index (χ0v) is 30.5. The number of carbonyl (C=O) groups is 2. The minimum Gasteiger partial charge on any atom is -0.379 e. The van der Waals surface area contributed by atoms with Crippen LogP contribution in [0.2, 0.25) is 0 Å².